The molecule has 1 aromatic carbocycles. The molecule has 1 atom stereocenters. The second-order valence-electron chi connectivity index (χ2n) is 7.29. The van der Waals surface area contributed by atoms with E-state index in [-0.39, 0.29) is 18.0 Å². The molecule has 8 nitrogen and oxygen atoms in total. The molecule has 2 N–H and O–H groups in total. The van der Waals surface area contributed by atoms with Gasteiger partial charge in [0.25, 0.3) is 5.91 Å². The second kappa shape index (κ2) is 11.5. The van der Waals surface area contributed by atoms with Crippen molar-refractivity contribution in [2.75, 3.05) is 40.5 Å². The third kappa shape index (κ3) is 6.52. The van der Waals surface area contributed by atoms with E-state index in [0.717, 1.165) is 25.9 Å². The Morgan fingerprint density at radius 1 is 1.28 bits per heavy atom. The van der Waals surface area contributed by atoms with Crippen LogP contribution in [0.3, 0.4) is 0 Å². The molecule has 0 spiro atoms. The highest BCUT2D eigenvalue weighted by atomic mass is 16.5. The number of benzene rings is 1. The maximum absolute atomic E-state index is 13.3. The van der Waals surface area contributed by atoms with E-state index in [0.29, 0.717) is 36.6 Å². The summed E-state index contributed by atoms with van der Waals surface area (Å²) in [7, 11) is 2.89. The first-order valence-electron chi connectivity index (χ1n) is 10.1. The van der Waals surface area contributed by atoms with Gasteiger partial charge in [-0.15, -0.1) is 0 Å². The summed E-state index contributed by atoms with van der Waals surface area (Å²) >= 11 is 0. The summed E-state index contributed by atoms with van der Waals surface area (Å²) in [6, 6.07) is 5.56. The number of carbonyl (C=O) groups is 2. The Morgan fingerprint density at radius 3 is 2.69 bits per heavy atom. The van der Waals surface area contributed by atoms with Crippen molar-refractivity contribution in [1.29, 1.82) is 0 Å². The van der Waals surface area contributed by atoms with E-state index in [9.17, 15) is 9.59 Å². The Hall–Kier alpha value is -2.48. The molecule has 2 amide bonds. The first-order valence-corrected chi connectivity index (χ1v) is 10.1. The summed E-state index contributed by atoms with van der Waals surface area (Å²) in [4.78, 5) is 26.3. The van der Waals surface area contributed by atoms with Crippen LogP contribution in [0.2, 0.25) is 0 Å². The molecule has 1 aromatic rings. The monoisotopic (exact) mass is 407 g/mol. The quantitative estimate of drug-likeness (QED) is 0.611. The number of hydrogen-bond acceptors (Lipinski definition) is 6. The van der Waals surface area contributed by atoms with Crippen LogP contribution in [0.4, 0.5) is 4.79 Å². The predicted molar refractivity (Wildman–Crippen MR) is 111 cm³/mol. The number of rotatable bonds is 9. The van der Waals surface area contributed by atoms with Gasteiger partial charge in [0.15, 0.2) is 11.5 Å². The highest BCUT2D eigenvalue weighted by Gasteiger charge is 2.28. The molecule has 1 saturated heterocycles. The van der Waals surface area contributed by atoms with Crippen LogP contribution in [-0.4, -0.2) is 69.4 Å². The molecule has 29 heavy (non-hydrogen) atoms. The summed E-state index contributed by atoms with van der Waals surface area (Å²) in [5.74, 6) is 1.08. The van der Waals surface area contributed by atoms with Crippen LogP contribution >= 0.6 is 0 Å². The molecule has 0 aliphatic carbocycles. The Kier molecular flexibility index (Phi) is 9.05. The van der Waals surface area contributed by atoms with Gasteiger partial charge >= 0.3 is 6.09 Å². The van der Waals surface area contributed by atoms with Gasteiger partial charge in [0, 0.05) is 30.7 Å². The van der Waals surface area contributed by atoms with E-state index in [2.05, 4.69) is 15.4 Å². The molecule has 1 heterocycles. The lowest BCUT2D eigenvalue weighted by atomic mass is 10.0. The highest BCUT2D eigenvalue weighted by molar-refractivity contribution is 5.95. The molecule has 2 rings (SSSR count). The van der Waals surface area contributed by atoms with E-state index in [1.807, 2.05) is 18.7 Å². The van der Waals surface area contributed by atoms with E-state index < -0.39 is 6.09 Å². The molecule has 0 unspecified atom stereocenters. The summed E-state index contributed by atoms with van der Waals surface area (Å²) < 4.78 is 15.7. The topological polar surface area (TPSA) is 89.1 Å². The number of carbonyl (C=O) groups excluding carboxylic acids is 2. The third-order valence-electron chi connectivity index (χ3n) is 4.90. The first-order chi connectivity index (χ1) is 14.0. The lowest BCUT2D eigenvalue weighted by molar-refractivity contribution is 0.0573. The van der Waals surface area contributed by atoms with Crippen molar-refractivity contribution in [2.45, 2.75) is 45.2 Å². The number of alkyl carbamates (subject to hydrolysis) is 1. The summed E-state index contributed by atoms with van der Waals surface area (Å²) in [6.07, 6.45) is 2.20. The van der Waals surface area contributed by atoms with Gasteiger partial charge in [-0.3, -0.25) is 4.79 Å². The Balaban J connectivity index is 2.06. The predicted octanol–water partition coefficient (Wildman–Crippen LogP) is 2.42. The number of nitrogens with zero attached hydrogens (tertiary/aromatic N) is 1. The fourth-order valence-electron chi connectivity index (χ4n) is 3.48. The molecular weight excluding hydrogens is 374 g/mol. The van der Waals surface area contributed by atoms with E-state index in [1.165, 1.54) is 7.11 Å². The van der Waals surface area contributed by atoms with Crippen LogP contribution in [-0.2, 0) is 4.74 Å². The van der Waals surface area contributed by atoms with Crippen LogP contribution in [0.15, 0.2) is 18.2 Å². The van der Waals surface area contributed by atoms with Crippen molar-refractivity contribution in [3.05, 3.63) is 23.8 Å². The molecule has 1 aliphatic rings. The molecule has 0 radical (unpaired) electrons. The van der Waals surface area contributed by atoms with Crippen molar-refractivity contribution in [1.82, 2.24) is 15.5 Å². The molecule has 0 bridgehead atoms. The minimum absolute atomic E-state index is 0.00596. The SMILES string of the molecule is COC(=O)NCCCOc1cc(C(=O)N(C(C)C)[C@@H]2CCCNC2)ccc1OC. The van der Waals surface area contributed by atoms with Crippen LogP contribution in [0.1, 0.15) is 43.5 Å². The zero-order chi connectivity index (χ0) is 21.2. The average Bonchev–Trinajstić information content (AvgIpc) is 2.73. The van der Waals surface area contributed by atoms with Gasteiger partial charge in [-0.2, -0.15) is 0 Å². The zero-order valence-corrected chi connectivity index (χ0v) is 17.8. The molecule has 1 fully saturated rings. The Morgan fingerprint density at radius 2 is 2.07 bits per heavy atom. The Bertz CT molecular complexity index is 674. The summed E-state index contributed by atoms with van der Waals surface area (Å²) in [5, 5.41) is 5.98. The maximum Gasteiger partial charge on any atom is 0.406 e. The van der Waals surface area contributed by atoms with Gasteiger partial charge < -0.3 is 29.7 Å². The normalized spacial score (nSPS) is 16.2. The largest absolute Gasteiger partial charge is 0.493 e. The number of amides is 2. The van der Waals surface area contributed by atoms with Crippen LogP contribution in [0.5, 0.6) is 11.5 Å². The van der Waals surface area contributed by atoms with Gasteiger partial charge in [-0.1, -0.05) is 0 Å². The van der Waals surface area contributed by atoms with Crippen LogP contribution in [0.25, 0.3) is 0 Å². The minimum atomic E-state index is -0.471. The van der Waals surface area contributed by atoms with Gasteiger partial charge in [0.1, 0.15) is 0 Å². The second-order valence-corrected chi connectivity index (χ2v) is 7.29. The maximum atomic E-state index is 13.3. The molecule has 1 aliphatic heterocycles. The van der Waals surface area contributed by atoms with E-state index in [4.69, 9.17) is 9.47 Å². The lowest BCUT2D eigenvalue weighted by Crippen LogP contribution is -2.51. The number of nitrogens with one attached hydrogen (secondary N) is 2. The van der Waals surface area contributed by atoms with Crippen molar-refractivity contribution in [2.24, 2.45) is 0 Å². The number of piperidine rings is 1. The zero-order valence-electron chi connectivity index (χ0n) is 17.8. The Labute approximate surface area is 172 Å². The smallest absolute Gasteiger partial charge is 0.406 e. The van der Waals surface area contributed by atoms with Crippen molar-refractivity contribution >= 4 is 12.0 Å². The van der Waals surface area contributed by atoms with E-state index in [1.54, 1.807) is 25.3 Å². The van der Waals surface area contributed by atoms with Gasteiger partial charge in [0.05, 0.1) is 20.8 Å². The summed E-state index contributed by atoms with van der Waals surface area (Å²) in [5.41, 5.74) is 0.577. The number of ether oxygens (including phenoxy) is 3. The van der Waals surface area contributed by atoms with E-state index >= 15 is 0 Å². The fourth-order valence-corrected chi connectivity index (χ4v) is 3.48. The standard InChI is InChI=1S/C21H33N3O5/c1-15(2)24(17-7-5-10-22-14-17)20(25)16-8-9-18(27-3)19(13-16)29-12-6-11-23-21(26)28-4/h8-9,13,15,17,22H,5-7,10-12,14H2,1-4H3,(H,23,26)/t17-/m1/s1. The summed E-state index contributed by atoms with van der Waals surface area (Å²) in [6.45, 7) is 6.71. The van der Waals surface area contributed by atoms with Gasteiger partial charge in [-0.05, 0) is 57.9 Å². The van der Waals surface area contributed by atoms with Crippen molar-refractivity contribution in [3.63, 3.8) is 0 Å². The molecule has 162 valence electrons. The van der Waals surface area contributed by atoms with Crippen molar-refractivity contribution < 1.29 is 23.8 Å². The number of hydrogen-bond donors (Lipinski definition) is 2. The average molecular weight is 408 g/mol. The fraction of sp³-hybridized carbons (Fsp3) is 0.619. The van der Waals surface area contributed by atoms with Gasteiger partial charge in [-0.25, -0.2) is 4.79 Å². The molecule has 8 heteroatoms. The van der Waals surface area contributed by atoms with Crippen molar-refractivity contribution in [3.8, 4) is 11.5 Å². The molecular formula is C21H33N3O5. The van der Waals surface area contributed by atoms with Gasteiger partial charge in [0.2, 0.25) is 0 Å². The number of methoxy groups -OCH3 is 2. The first kappa shape index (κ1) is 22.8. The van der Waals surface area contributed by atoms with Crippen LogP contribution in [0, 0.1) is 0 Å². The molecule has 0 saturated carbocycles. The lowest BCUT2D eigenvalue weighted by Gasteiger charge is -2.37. The highest BCUT2D eigenvalue weighted by Crippen LogP contribution is 2.29. The minimum Gasteiger partial charge on any atom is -0.493 e. The molecule has 0 aromatic heterocycles. The van der Waals surface area contributed by atoms with Crippen LogP contribution < -0.4 is 20.1 Å². The third-order valence-corrected chi connectivity index (χ3v) is 4.90.